The predicted molar refractivity (Wildman–Crippen MR) is 90.1 cm³/mol. The van der Waals surface area contributed by atoms with Crippen molar-refractivity contribution in [3.8, 4) is 0 Å². The van der Waals surface area contributed by atoms with Gasteiger partial charge in [-0.25, -0.2) is 16.8 Å². The zero-order chi connectivity index (χ0) is 18.9. The zero-order valence-corrected chi connectivity index (χ0v) is 15.9. The van der Waals surface area contributed by atoms with Gasteiger partial charge in [-0.3, -0.25) is 14.7 Å². The monoisotopic (exact) mass is 400 g/mol. The highest BCUT2D eigenvalue weighted by Gasteiger charge is 2.33. The lowest BCUT2D eigenvalue weighted by Crippen LogP contribution is -2.35. The second-order valence-electron chi connectivity index (χ2n) is 4.92. The maximum absolute atomic E-state index is 12.6. The summed E-state index contributed by atoms with van der Waals surface area (Å²) >= 11 is 0. The van der Waals surface area contributed by atoms with Crippen molar-refractivity contribution in [1.82, 2.24) is 0 Å². The highest BCUT2D eigenvalue weighted by molar-refractivity contribution is 8.09. The molecule has 0 radical (unpaired) electrons. The summed E-state index contributed by atoms with van der Waals surface area (Å²) in [6.07, 6.45) is 1.34. The average molecular weight is 400 g/mol. The number of sulfonamides is 2. The van der Waals surface area contributed by atoms with Gasteiger partial charge < -0.3 is 4.52 Å². The Hall–Kier alpha value is -1.49. The lowest BCUT2D eigenvalue weighted by atomic mass is 10.3. The molecule has 0 fully saturated rings. The molecule has 0 spiro atoms. The van der Waals surface area contributed by atoms with Gasteiger partial charge in [-0.2, -0.15) is 3.71 Å². The van der Waals surface area contributed by atoms with Crippen molar-refractivity contribution >= 4 is 44.1 Å². The molecule has 0 aliphatic carbocycles. The van der Waals surface area contributed by atoms with Crippen LogP contribution in [0.15, 0.2) is 18.2 Å². The van der Waals surface area contributed by atoms with E-state index in [1.165, 1.54) is 6.92 Å². The van der Waals surface area contributed by atoms with Gasteiger partial charge in [-0.15, -0.1) is 0 Å². The molecule has 0 amide bonds. The van der Waals surface area contributed by atoms with Crippen LogP contribution in [-0.4, -0.2) is 47.5 Å². The number of rotatable bonds is 7. The maximum atomic E-state index is 12.6. The first-order valence-electron chi connectivity index (χ1n) is 6.43. The van der Waals surface area contributed by atoms with Crippen LogP contribution in [0.5, 0.6) is 0 Å². The van der Waals surface area contributed by atoms with Gasteiger partial charge in [0.2, 0.25) is 27.4 Å². The lowest BCUT2D eigenvalue weighted by molar-refractivity contribution is -0.383. The van der Waals surface area contributed by atoms with Crippen molar-refractivity contribution in [3.63, 3.8) is 0 Å². The molecule has 0 bridgehead atoms. The number of hydrogen-bond acceptors (Lipinski definition) is 8. The molecule has 0 N–H and O–H groups in total. The first-order valence-corrected chi connectivity index (χ1v) is 12.2. The van der Waals surface area contributed by atoms with E-state index in [9.17, 15) is 31.5 Å². The predicted octanol–water partition coefficient (Wildman–Crippen LogP) is 0.890. The molecule has 10 nitrogen and oxygen atoms in total. The standard InChI is InChI=1S/C11H17N2O8PS2/c1-5-21-22(2,16)11-8-9(6-7-10(11)12(14)15)13(23(3,17)18)24(4,19)20/h6-8H,5H2,1-4H3. The first kappa shape index (κ1) is 20.6. The minimum Gasteiger partial charge on any atom is -0.326 e. The molecule has 0 aliphatic heterocycles. The molecule has 24 heavy (non-hydrogen) atoms. The van der Waals surface area contributed by atoms with Gasteiger partial charge in [0.1, 0.15) is 5.30 Å². The third-order valence-corrected chi connectivity index (χ3v) is 8.02. The minimum atomic E-state index is -4.24. The fourth-order valence-electron chi connectivity index (χ4n) is 2.05. The summed E-state index contributed by atoms with van der Waals surface area (Å²) in [5, 5.41) is 10.8. The summed E-state index contributed by atoms with van der Waals surface area (Å²) in [4.78, 5) is 10.3. The SMILES string of the molecule is CCOP(C)(=O)c1cc(N(S(C)(=O)=O)S(C)(=O)=O)ccc1[N+](=O)[O-]. The Kier molecular flexibility index (Phi) is 5.81. The van der Waals surface area contributed by atoms with Crippen LogP contribution in [0.3, 0.4) is 0 Å². The molecule has 0 heterocycles. The number of hydrogen-bond donors (Lipinski definition) is 0. The summed E-state index contributed by atoms with van der Waals surface area (Å²) in [7, 11) is -12.1. The highest BCUT2D eigenvalue weighted by Crippen LogP contribution is 2.45. The summed E-state index contributed by atoms with van der Waals surface area (Å²) in [5.74, 6) is 0. The molecule has 0 saturated carbocycles. The molecule has 1 unspecified atom stereocenters. The minimum absolute atomic E-state index is 0.00295. The van der Waals surface area contributed by atoms with E-state index in [1.54, 1.807) is 0 Å². The van der Waals surface area contributed by atoms with E-state index in [-0.39, 0.29) is 21.3 Å². The molecule has 1 rings (SSSR count). The Morgan fingerprint density at radius 2 is 1.71 bits per heavy atom. The number of benzene rings is 1. The van der Waals surface area contributed by atoms with Crippen LogP contribution in [0.4, 0.5) is 11.4 Å². The summed E-state index contributed by atoms with van der Waals surface area (Å²) in [5.41, 5.74) is -0.942. The quantitative estimate of drug-likeness (QED) is 0.373. The zero-order valence-electron chi connectivity index (χ0n) is 13.4. The molecule has 1 aromatic carbocycles. The fraction of sp³-hybridized carbons (Fsp3) is 0.455. The second-order valence-corrected chi connectivity index (χ2v) is 11.2. The molecule has 0 saturated heterocycles. The number of nitro benzene ring substituents is 1. The van der Waals surface area contributed by atoms with Crippen molar-refractivity contribution in [1.29, 1.82) is 0 Å². The second kappa shape index (κ2) is 6.79. The van der Waals surface area contributed by atoms with E-state index >= 15 is 0 Å². The van der Waals surface area contributed by atoms with Crippen LogP contribution in [-0.2, 0) is 29.1 Å². The molecular formula is C11H17N2O8PS2. The lowest BCUT2D eigenvalue weighted by Gasteiger charge is -2.21. The third kappa shape index (κ3) is 4.53. The maximum Gasteiger partial charge on any atom is 0.282 e. The number of nitro groups is 1. The summed E-state index contributed by atoms with van der Waals surface area (Å²) in [6, 6.07) is 2.73. The van der Waals surface area contributed by atoms with Gasteiger partial charge in [0.25, 0.3) is 5.69 Å². The van der Waals surface area contributed by atoms with Crippen molar-refractivity contribution in [2.24, 2.45) is 0 Å². The Morgan fingerprint density at radius 1 is 1.21 bits per heavy atom. The van der Waals surface area contributed by atoms with Crippen LogP contribution >= 0.6 is 7.37 Å². The number of nitrogens with zero attached hydrogens (tertiary/aromatic N) is 2. The Balaban J connectivity index is 3.77. The van der Waals surface area contributed by atoms with E-state index in [1.807, 2.05) is 0 Å². The largest absolute Gasteiger partial charge is 0.326 e. The highest BCUT2D eigenvalue weighted by atomic mass is 32.3. The molecule has 13 heteroatoms. The Labute approximate surface area is 140 Å². The first-order chi connectivity index (χ1) is 10.7. The van der Waals surface area contributed by atoms with E-state index in [4.69, 9.17) is 4.52 Å². The van der Waals surface area contributed by atoms with Crippen LogP contribution in [0.2, 0.25) is 0 Å². The van der Waals surface area contributed by atoms with Crippen LogP contribution in [0.25, 0.3) is 0 Å². The van der Waals surface area contributed by atoms with E-state index in [2.05, 4.69) is 0 Å². The number of anilines is 1. The summed E-state index contributed by atoms with van der Waals surface area (Å²) < 4.78 is 64.9. The van der Waals surface area contributed by atoms with Crippen LogP contribution in [0.1, 0.15) is 6.92 Å². The van der Waals surface area contributed by atoms with Crippen molar-refractivity contribution < 1.29 is 30.8 Å². The van der Waals surface area contributed by atoms with E-state index in [0.29, 0.717) is 12.5 Å². The van der Waals surface area contributed by atoms with Gasteiger partial charge in [0, 0.05) is 12.7 Å². The molecule has 136 valence electrons. The Bertz CT molecular complexity index is 878. The van der Waals surface area contributed by atoms with Crippen LogP contribution in [0, 0.1) is 10.1 Å². The van der Waals surface area contributed by atoms with Gasteiger partial charge in [0.15, 0.2) is 0 Å². The van der Waals surface area contributed by atoms with Gasteiger partial charge in [-0.05, 0) is 19.1 Å². The molecular weight excluding hydrogens is 383 g/mol. The van der Waals surface area contributed by atoms with Gasteiger partial charge in [-0.1, -0.05) is 0 Å². The van der Waals surface area contributed by atoms with E-state index < -0.39 is 38.0 Å². The molecule has 1 atom stereocenters. The average Bonchev–Trinajstić information content (AvgIpc) is 2.34. The van der Waals surface area contributed by atoms with Crippen molar-refractivity contribution in [2.45, 2.75) is 6.92 Å². The topological polar surface area (TPSA) is 141 Å². The Morgan fingerprint density at radius 3 is 2.08 bits per heavy atom. The van der Waals surface area contributed by atoms with Gasteiger partial charge in [0.05, 0.1) is 29.7 Å². The van der Waals surface area contributed by atoms with E-state index in [0.717, 1.165) is 24.9 Å². The van der Waals surface area contributed by atoms with Crippen molar-refractivity contribution in [3.05, 3.63) is 28.3 Å². The van der Waals surface area contributed by atoms with Crippen molar-refractivity contribution in [2.75, 3.05) is 29.5 Å². The normalized spacial score (nSPS) is 14.8. The molecule has 0 aliphatic rings. The summed E-state index contributed by atoms with van der Waals surface area (Å²) in [6.45, 7) is 2.66. The fourth-order valence-corrected chi connectivity index (χ4v) is 6.58. The third-order valence-electron chi connectivity index (χ3n) is 2.78. The molecule has 1 aromatic rings. The smallest absolute Gasteiger partial charge is 0.282 e. The van der Waals surface area contributed by atoms with Gasteiger partial charge >= 0.3 is 0 Å². The molecule has 0 aromatic heterocycles. The van der Waals surface area contributed by atoms with Crippen LogP contribution < -0.4 is 9.02 Å².